The summed E-state index contributed by atoms with van der Waals surface area (Å²) in [7, 11) is 0. The third-order valence-corrected chi connectivity index (χ3v) is 2.76. The molecule has 2 nitrogen and oxygen atoms in total. The van der Waals surface area contributed by atoms with Crippen LogP contribution in [-0.2, 0) is 0 Å². The average molecular weight is 165 g/mol. The summed E-state index contributed by atoms with van der Waals surface area (Å²) >= 11 is 0. The summed E-state index contributed by atoms with van der Waals surface area (Å²) in [6, 6.07) is 4.03. The van der Waals surface area contributed by atoms with Crippen LogP contribution in [0.3, 0.4) is 0 Å². The maximum Gasteiger partial charge on any atom is 0.108 e. The molecule has 0 bridgehead atoms. The number of nitrogens with one attached hydrogen (secondary N) is 1. The first-order chi connectivity index (χ1) is 5.70. The third-order valence-electron chi connectivity index (χ3n) is 2.76. The van der Waals surface area contributed by atoms with Crippen LogP contribution in [0.1, 0.15) is 25.5 Å². The predicted octanol–water partition coefficient (Wildman–Crippen LogP) is 1.99. The lowest BCUT2D eigenvalue weighted by Gasteiger charge is -2.23. The molecule has 0 saturated carbocycles. The van der Waals surface area contributed by atoms with Gasteiger partial charge in [0, 0.05) is 19.0 Å². The molecule has 1 aliphatic heterocycles. The molecule has 0 amide bonds. The summed E-state index contributed by atoms with van der Waals surface area (Å²) in [6.45, 7) is 6.68. The zero-order valence-electron chi connectivity index (χ0n) is 7.63. The summed E-state index contributed by atoms with van der Waals surface area (Å²) in [5.41, 5.74) is 0.331. The van der Waals surface area contributed by atoms with Crippen molar-refractivity contribution in [1.82, 2.24) is 5.32 Å². The van der Waals surface area contributed by atoms with Gasteiger partial charge in [-0.2, -0.15) is 0 Å². The highest BCUT2D eigenvalue weighted by Crippen LogP contribution is 2.38. The second kappa shape index (κ2) is 2.63. The first-order valence-electron chi connectivity index (χ1n) is 4.44. The van der Waals surface area contributed by atoms with Crippen LogP contribution < -0.4 is 5.32 Å². The third kappa shape index (κ3) is 1.16. The fourth-order valence-corrected chi connectivity index (χ4v) is 1.91. The first-order valence-corrected chi connectivity index (χ1v) is 4.44. The van der Waals surface area contributed by atoms with Crippen molar-refractivity contribution in [3.8, 4) is 0 Å². The highest BCUT2D eigenvalue weighted by Gasteiger charge is 2.36. The standard InChI is InChI=1S/C10H15NO/c1-10(2)7-11-6-8(10)9-4-3-5-12-9/h3-5,8,11H,6-7H2,1-2H3. The van der Waals surface area contributed by atoms with Crippen molar-refractivity contribution in [2.24, 2.45) is 5.41 Å². The van der Waals surface area contributed by atoms with Gasteiger partial charge >= 0.3 is 0 Å². The molecule has 1 aliphatic rings. The van der Waals surface area contributed by atoms with E-state index in [4.69, 9.17) is 4.42 Å². The summed E-state index contributed by atoms with van der Waals surface area (Å²) in [6.07, 6.45) is 1.75. The van der Waals surface area contributed by atoms with Crippen LogP contribution in [0.5, 0.6) is 0 Å². The van der Waals surface area contributed by atoms with Gasteiger partial charge in [0.2, 0.25) is 0 Å². The van der Waals surface area contributed by atoms with Crippen molar-refractivity contribution in [2.45, 2.75) is 19.8 Å². The van der Waals surface area contributed by atoms with E-state index in [0.29, 0.717) is 11.3 Å². The molecular formula is C10H15NO. The zero-order valence-corrected chi connectivity index (χ0v) is 7.63. The van der Waals surface area contributed by atoms with Gasteiger partial charge in [-0.3, -0.25) is 0 Å². The van der Waals surface area contributed by atoms with E-state index >= 15 is 0 Å². The SMILES string of the molecule is CC1(C)CNCC1c1ccco1. The minimum atomic E-state index is 0.331. The lowest BCUT2D eigenvalue weighted by molar-refractivity contribution is 0.319. The van der Waals surface area contributed by atoms with Gasteiger partial charge in [-0.15, -0.1) is 0 Å². The van der Waals surface area contributed by atoms with Gasteiger partial charge in [0.1, 0.15) is 5.76 Å². The second-order valence-corrected chi connectivity index (χ2v) is 4.19. The molecule has 1 fully saturated rings. The van der Waals surface area contributed by atoms with Crippen LogP contribution in [0.4, 0.5) is 0 Å². The monoisotopic (exact) mass is 165 g/mol. The Balaban J connectivity index is 2.25. The summed E-state index contributed by atoms with van der Waals surface area (Å²) in [5, 5.41) is 3.39. The molecule has 0 radical (unpaired) electrons. The second-order valence-electron chi connectivity index (χ2n) is 4.19. The molecule has 66 valence electrons. The maximum absolute atomic E-state index is 5.41. The quantitative estimate of drug-likeness (QED) is 0.688. The molecule has 1 aromatic heterocycles. The molecule has 0 aliphatic carbocycles. The van der Waals surface area contributed by atoms with Crippen LogP contribution in [0.2, 0.25) is 0 Å². The van der Waals surface area contributed by atoms with Crippen LogP contribution >= 0.6 is 0 Å². The van der Waals surface area contributed by atoms with Crippen molar-refractivity contribution >= 4 is 0 Å². The van der Waals surface area contributed by atoms with Gasteiger partial charge in [-0.25, -0.2) is 0 Å². The molecule has 2 heterocycles. The number of rotatable bonds is 1. The van der Waals surface area contributed by atoms with Crippen LogP contribution in [0.15, 0.2) is 22.8 Å². The lowest BCUT2D eigenvalue weighted by atomic mass is 9.81. The van der Waals surface area contributed by atoms with E-state index in [1.54, 1.807) is 6.26 Å². The maximum atomic E-state index is 5.41. The van der Waals surface area contributed by atoms with Gasteiger partial charge in [-0.05, 0) is 17.5 Å². The van der Waals surface area contributed by atoms with Crippen LogP contribution in [-0.4, -0.2) is 13.1 Å². The molecule has 1 N–H and O–H groups in total. The molecular weight excluding hydrogens is 150 g/mol. The summed E-state index contributed by atoms with van der Waals surface area (Å²) < 4.78 is 5.41. The van der Waals surface area contributed by atoms with Crippen molar-refractivity contribution in [3.05, 3.63) is 24.2 Å². The van der Waals surface area contributed by atoms with Gasteiger partial charge in [0.25, 0.3) is 0 Å². The molecule has 2 heteroatoms. The molecule has 2 rings (SSSR count). The smallest absolute Gasteiger partial charge is 0.108 e. The number of furan rings is 1. The van der Waals surface area contributed by atoms with Crippen molar-refractivity contribution < 1.29 is 4.42 Å². The van der Waals surface area contributed by atoms with E-state index in [-0.39, 0.29) is 0 Å². The van der Waals surface area contributed by atoms with E-state index < -0.39 is 0 Å². The Kier molecular flexibility index (Phi) is 1.72. The minimum Gasteiger partial charge on any atom is -0.469 e. The number of hydrogen-bond acceptors (Lipinski definition) is 2. The first kappa shape index (κ1) is 7.87. The molecule has 0 aromatic carbocycles. The Morgan fingerprint density at radius 3 is 2.92 bits per heavy atom. The fourth-order valence-electron chi connectivity index (χ4n) is 1.91. The molecule has 0 spiro atoms. The van der Waals surface area contributed by atoms with E-state index in [1.165, 1.54) is 0 Å². The Hall–Kier alpha value is -0.760. The Morgan fingerprint density at radius 2 is 2.42 bits per heavy atom. The van der Waals surface area contributed by atoms with Gasteiger partial charge in [0.15, 0.2) is 0 Å². The summed E-state index contributed by atoms with van der Waals surface area (Å²) in [4.78, 5) is 0. The highest BCUT2D eigenvalue weighted by atomic mass is 16.3. The Morgan fingerprint density at radius 1 is 1.58 bits per heavy atom. The van der Waals surface area contributed by atoms with Gasteiger partial charge in [-0.1, -0.05) is 13.8 Å². The van der Waals surface area contributed by atoms with Crippen LogP contribution in [0.25, 0.3) is 0 Å². The molecule has 1 saturated heterocycles. The molecule has 12 heavy (non-hydrogen) atoms. The average Bonchev–Trinajstić information content (AvgIpc) is 2.55. The summed E-state index contributed by atoms with van der Waals surface area (Å²) in [5.74, 6) is 1.65. The molecule has 1 atom stereocenters. The van der Waals surface area contributed by atoms with Crippen molar-refractivity contribution in [1.29, 1.82) is 0 Å². The Labute approximate surface area is 73.0 Å². The van der Waals surface area contributed by atoms with E-state index in [0.717, 1.165) is 18.8 Å². The normalized spacial score (nSPS) is 27.7. The van der Waals surface area contributed by atoms with Crippen molar-refractivity contribution in [2.75, 3.05) is 13.1 Å². The molecule has 1 aromatic rings. The minimum absolute atomic E-state index is 0.331. The van der Waals surface area contributed by atoms with Gasteiger partial charge in [0.05, 0.1) is 6.26 Å². The lowest BCUT2D eigenvalue weighted by Crippen LogP contribution is -2.20. The largest absolute Gasteiger partial charge is 0.469 e. The van der Waals surface area contributed by atoms with Crippen LogP contribution in [0, 0.1) is 5.41 Å². The predicted molar refractivity (Wildman–Crippen MR) is 48.1 cm³/mol. The fraction of sp³-hybridized carbons (Fsp3) is 0.600. The highest BCUT2D eigenvalue weighted by molar-refractivity contribution is 5.13. The van der Waals surface area contributed by atoms with E-state index in [2.05, 4.69) is 25.2 Å². The Bertz CT molecular complexity index is 251. The zero-order chi connectivity index (χ0) is 8.60. The van der Waals surface area contributed by atoms with E-state index in [9.17, 15) is 0 Å². The topological polar surface area (TPSA) is 25.2 Å². The number of hydrogen-bond donors (Lipinski definition) is 1. The van der Waals surface area contributed by atoms with Crippen molar-refractivity contribution in [3.63, 3.8) is 0 Å². The molecule has 1 unspecified atom stereocenters. The van der Waals surface area contributed by atoms with Gasteiger partial charge < -0.3 is 9.73 Å². The van der Waals surface area contributed by atoms with E-state index in [1.807, 2.05) is 6.07 Å².